The molecular weight excluding hydrogens is 775 g/mol. The number of piperazine rings is 1. The molecule has 1 aliphatic heterocycles. The molecule has 0 bridgehead atoms. The molecule has 2 amide bonds. The van der Waals surface area contributed by atoms with E-state index in [0.717, 1.165) is 58.2 Å². The van der Waals surface area contributed by atoms with E-state index < -0.39 is 76.1 Å². The topological polar surface area (TPSA) is 143 Å². The number of amides is 2. The minimum absolute atomic E-state index is 0.0830. The molecule has 2 N–H and O–H groups in total. The predicted octanol–water partition coefficient (Wildman–Crippen LogP) is 5.37. The minimum atomic E-state index is -5.04. The zero-order valence-electron chi connectivity index (χ0n) is 26.6. The van der Waals surface area contributed by atoms with Gasteiger partial charge >= 0.3 is 18.9 Å². The second kappa shape index (κ2) is 15.2. The fourth-order valence-electron chi connectivity index (χ4n) is 5.06. The van der Waals surface area contributed by atoms with Crippen LogP contribution in [-0.4, -0.2) is 85.6 Å². The van der Waals surface area contributed by atoms with Crippen LogP contribution in [0.5, 0.6) is 11.5 Å². The van der Waals surface area contributed by atoms with Crippen molar-refractivity contribution in [2.24, 2.45) is 0 Å². The van der Waals surface area contributed by atoms with Gasteiger partial charge in [-0.1, -0.05) is 23.5 Å². The fourth-order valence-corrected chi connectivity index (χ4v) is 7.63. The summed E-state index contributed by atoms with van der Waals surface area (Å²) in [6.45, 7) is -1.76. The van der Waals surface area contributed by atoms with Gasteiger partial charge in [-0.05, 0) is 42.0 Å². The van der Waals surface area contributed by atoms with Crippen molar-refractivity contribution >= 4 is 48.5 Å². The number of anilines is 1. The molecule has 2 aromatic heterocycles. The zero-order chi connectivity index (χ0) is 38.8. The molecule has 12 nitrogen and oxygen atoms in total. The van der Waals surface area contributed by atoms with E-state index >= 15 is 0 Å². The highest BCUT2D eigenvalue weighted by atomic mass is 32.2. The Bertz CT molecular complexity index is 2040. The molecule has 4 aromatic rings. The Morgan fingerprint density at radius 1 is 0.849 bits per heavy atom. The lowest BCUT2D eigenvalue weighted by atomic mass is 10.1. The maximum atomic E-state index is 13.8. The Hall–Kier alpha value is -4.90. The summed E-state index contributed by atoms with van der Waals surface area (Å²) < 4.78 is 150. The van der Waals surface area contributed by atoms with E-state index in [2.05, 4.69) is 30.1 Å². The molecule has 1 saturated heterocycles. The number of carbonyl (C=O) groups is 2. The van der Waals surface area contributed by atoms with E-state index in [4.69, 9.17) is 0 Å². The summed E-state index contributed by atoms with van der Waals surface area (Å²) in [6, 6.07) is 6.27. The van der Waals surface area contributed by atoms with Crippen LogP contribution < -0.4 is 25.0 Å². The number of carbonyl (C=O) groups excluding carboxylic acids is 2. The summed E-state index contributed by atoms with van der Waals surface area (Å²) in [6.07, 6.45) is -13.3. The van der Waals surface area contributed by atoms with Crippen LogP contribution in [0.25, 0.3) is 10.2 Å². The fraction of sp³-hybridized carbons (Fsp3) is 0.333. The van der Waals surface area contributed by atoms with Crippen LogP contribution in [0.2, 0.25) is 0 Å². The van der Waals surface area contributed by atoms with Gasteiger partial charge in [0, 0.05) is 45.1 Å². The molecule has 23 heteroatoms. The minimum Gasteiger partial charge on any atom is -0.406 e. The highest BCUT2D eigenvalue weighted by Crippen LogP contribution is 2.33. The van der Waals surface area contributed by atoms with Gasteiger partial charge in [0.05, 0.1) is 27.1 Å². The molecule has 0 saturated carbocycles. The largest absolute Gasteiger partial charge is 0.573 e. The van der Waals surface area contributed by atoms with E-state index in [0.29, 0.717) is 10.3 Å². The number of fused-ring (bicyclic) bond motifs is 1. The summed E-state index contributed by atoms with van der Waals surface area (Å²) in [5.74, 6) is -2.95. The van der Waals surface area contributed by atoms with E-state index in [9.17, 15) is 57.5 Å². The smallest absolute Gasteiger partial charge is 0.406 e. The highest BCUT2D eigenvalue weighted by Gasteiger charge is 2.41. The van der Waals surface area contributed by atoms with E-state index in [-0.39, 0.29) is 42.4 Å². The number of thiazole rings is 1. The van der Waals surface area contributed by atoms with Crippen LogP contribution in [0.4, 0.5) is 44.6 Å². The van der Waals surface area contributed by atoms with Crippen LogP contribution in [0, 0.1) is 0 Å². The third-order valence-corrected chi connectivity index (χ3v) is 10.4. The molecule has 1 fully saturated rings. The van der Waals surface area contributed by atoms with Crippen LogP contribution in [0.3, 0.4) is 0 Å². The molecular formula is C30H25F9N6O6S2. The maximum absolute atomic E-state index is 13.8. The third-order valence-electron chi connectivity index (χ3n) is 7.42. The van der Waals surface area contributed by atoms with Gasteiger partial charge in [0.2, 0.25) is 15.9 Å². The van der Waals surface area contributed by atoms with Crippen LogP contribution >= 0.6 is 11.3 Å². The molecule has 0 radical (unpaired) electrons. The van der Waals surface area contributed by atoms with Crippen molar-refractivity contribution in [1.29, 1.82) is 0 Å². The zero-order valence-corrected chi connectivity index (χ0v) is 28.2. The average Bonchev–Trinajstić information content (AvgIpc) is 3.50. The number of nitrogens with one attached hydrogen (secondary N) is 2. The number of aromatic nitrogens is 2. The Labute approximate surface area is 297 Å². The average molecular weight is 801 g/mol. The Morgan fingerprint density at radius 3 is 2.04 bits per heavy atom. The molecule has 2 aromatic carbocycles. The maximum Gasteiger partial charge on any atom is 0.573 e. The lowest BCUT2D eigenvalue weighted by Gasteiger charge is -2.39. The van der Waals surface area contributed by atoms with Gasteiger partial charge in [-0.25, -0.2) is 13.4 Å². The normalized spacial score (nSPS) is 16.0. The number of rotatable bonds is 11. The summed E-state index contributed by atoms with van der Waals surface area (Å²) in [7, 11) is -4.56. The van der Waals surface area contributed by atoms with Crippen molar-refractivity contribution in [2.75, 3.05) is 31.1 Å². The van der Waals surface area contributed by atoms with Crippen molar-refractivity contribution in [2.45, 2.75) is 42.8 Å². The van der Waals surface area contributed by atoms with E-state index in [1.165, 1.54) is 23.2 Å². The van der Waals surface area contributed by atoms with Gasteiger partial charge < -0.3 is 25.0 Å². The number of ether oxygens (including phenoxy) is 2. The molecule has 0 spiro atoms. The summed E-state index contributed by atoms with van der Waals surface area (Å²) in [4.78, 5) is 35.8. The number of benzene rings is 2. The van der Waals surface area contributed by atoms with Crippen LogP contribution in [0.15, 0.2) is 65.8 Å². The number of hydrogen-bond donors (Lipinski definition) is 2. The SMILES string of the molecule is O=C(NCCC(F)(F)F)c1cncc2sc(N3CCN(S(=O)(=O)c4ccc(OC(F)(F)F)cc4)[C@@H](C(=O)NCc4ccc(OC(F)(F)F)cc4)C3)nc12. The summed E-state index contributed by atoms with van der Waals surface area (Å²) in [5.41, 5.74) is 0.266. The van der Waals surface area contributed by atoms with Crippen LogP contribution in [-0.2, 0) is 21.4 Å². The second-order valence-corrected chi connectivity index (χ2v) is 14.1. The molecule has 53 heavy (non-hydrogen) atoms. The molecule has 5 rings (SSSR count). The first-order valence-electron chi connectivity index (χ1n) is 15.0. The second-order valence-electron chi connectivity index (χ2n) is 11.2. The lowest BCUT2D eigenvalue weighted by Crippen LogP contribution is -2.60. The Balaban J connectivity index is 1.39. The number of pyridine rings is 1. The van der Waals surface area contributed by atoms with Gasteiger partial charge in [0.1, 0.15) is 17.5 Å². The number of nitrogens with zero attached hydrogens (tertiary/aromatic N) is 4. The summed E-state index contributed by atoms with van der Waals surface area (Å²) in [5, 5.41) is 4.89. The van der Waals surface area contributed by atoms with Gasteiger partial charge in [0.15, 0.2) is 5.13 Å². The Morgan fingerprint density at radius 2 is 1.45 bits per heavy atom. The van der Waals surface area contributed by atoms with Crippen molar-refractivity contribution in [1.82, 2.24) is 24.9 Å². The van der Waals surface area contributed by atoms with Crippen molar-refractivity contribution in [3.05, 3.63) is 72.1 Å². The van der Waals surface area contributed by atoms with E-state index in [1.54, 1.807) is 0 Å². The molecule has 1 atom stereocenters. The molecule has 3 heterocycles. The molecule has 0 unspecified atom stereocenters. The van der Waals surface area contributed by atoms with Gasteiger partial charge in [-0.3, -0.25) is 14.6 Å². The van der Waals surface area contributed by atoms with Crippen molar-refractivity contribution < 1.29 is 67.0 Å². The first-order valence-corrected chi connectivity index (χ1v) is 17.3. The van der Waals surface area contributed by atoms with Crippen molar-refractivity contribution in [3.8, 4) is 11.5 Å². The standard InChI is InChI=1S/C30H25F9N6O6S2/c31-28(32,33)9-10-41-25(46)21-14-40-15-23-24(21)43-27(52-23)44-11-12-45(53(48,49)20-7-5-19(6-8-20)51-30(37,38)39)22(16-44)26(47)42-13-17-1-3-18(4-2-17)50-29(34,35)36/h1-8,14-15,22H,9-13,16H2,(H,41,46)(H,42,47)/t22-/m1/s1. The lowest BCUT2D eigenvalue weighted by molar-refractivity contribution is -0.275. The highest BCUT2D eigenvalue weighted by molar-refractivity contribution is 7.89. The number of alkyl halides is 9. The third kappa shape index (κ3) is 10.4. The van der Waals surface area contributed by atoms with E-state index in [1.807, 2.05) is 0 Å². The first kappa shape index (κ1) is 39.3. The first-order chi connectivity index (χ1) is 24.7. The summed E-state index contributed by atoms with van der Waals surface area (Å²) >= 11 is 0.999. The van der Waals surface area contributed by atoms with Gasteiger partial charge in [0.25, 0.3) is 5.91 Å². The Kier molecular flexibility index (Phi) is 11.3. The number of halogens is 9. The number of sulfonamides is 1. The molecule has 0 aliphatic carbocycles. The van der Waals surface area contributed by atoms with Gasteiger partial charge in [-0.15, -0.1) is 26.3 Å². The quantitative estimate of drug-likeness (QED) is 0.192. The molecule has 1 aliphatic rings. The monoisotopic (exact) mass is 800 g/mol. The van der Waals surface area contributed by atoms with Crippen molar-refractivity contribution in [3.63, 3.8) is 0 Å². The van der Waals surface area contributed by atoms with Gasteiger partial charge in [-0.2, -0.15) is 17.5 Å². The number of hydrogen-bond acceptors (Lipinski definition) is 10. The van der Waals surface area contributed by atoms with Crippen LogP contribution in [0.1, 0.15) is 22.3 Å². The molecule has 286 valence electrons. The predicted molar refractivity (Wildman–Crippen MR) is 168 cm³/mol.